The summed E-state index contributed by atoms with van der Waals surface area (Å²) in [5, 5.41) is 7.81. The molecule has 0 unspecified atom stereocenters. The first kappa shape index (κ1) is 19.2. The van der Waals surface area contributed by atoms with Gasteiger partial charge in [0.15, 0.2) is 0 Å². The highest BCUT2D eigenvalue weighted by atomic mass is 35.5. The van der Waals surface area contributed by atoms with E-state index in [1.807, 2.05) is 31.2 Å². The van der Waals surface area contributed by atoms with E-state index in [4.69, 9.17) is 21.5 Å². The van der Waals surface area contributed by atoms with E-state index in [0.29, 0.717) is 19.6 Å². The Labute approximate surface area is 152 Å². The summed E-state index contributed by atoms with van der Waals surface area (Å²) in [5.74, 6) is 0.373. The maximum atomic E-state index is 12.2. The Balaban J connectivity index is 2.04. The van der Waals surface area contributed by atoms with Crippen LogP contribution in [0, 0.1) is 0 Å². The topological polar surface area (TPSA) is 98.5 Å². The van der Waals surface area contributed by atoms with E-state index >= 15 is 0 Å². The van der Waals surface area contributed by atoms with Crippen LogP contribution < -0.4 is 15.2 Å². The Morgan fingerprint density at radius 2 is 1.96 bits per heavy atom. The molecule has 0 spiro atoms. The molecule has 0 saturated heterocycles. The third-order valence-corrected chi connectivity index (χ3v) is 4.84. The number of primary sulfonamides is 1. The number of para-hydroxylation sites is 1. The lowest BCUT2D eigenvalue weighted by Crippen LogP contribution is -2.26. The summed E-state index contributed by atoms with van der Waals surface area (Å²) >= 11 is 5.81. The van der Waals surface area contributed by atoms with Crippen molar-refractivity contribution in [1.82, 2.24) is 5.32 Å². The second kappa shape index (κ2) is 8.33. The fourth-order valence-corrected chi connectivity index (χ4v) is 3.35. The predicted octanol–water partition coefficient (Wildman–Crippen LogP) is 2.36. The molecule has 0 aliphatic rings. The molecule has 2 aromatic carbocycles. The van der Waals surface area contributed by atoms with Gasteiger partial charge in [-0.25, -0.2) is 13.6 Å². The normalized spacial score (nSPS) is 11.2. The van der Waals surface area contributed by atoms with Gasteiger partial charge >= 0.3 is 0 Å². The second-order valence-electron chi connectivity index (χ2n) is 5.24. The van der Waals surface area contributed by atoms with Crippen molar-refractivity contribution in [3.63, 3.8) is 0 Å². The molecule has 8 heteroatoms. The Hall–Kier alpha value is -2.09. The molecule has 2 aromatic rings. The minimum Gasteiger partial charge on any atom is -0.494 e. The predicted molar refractivity (Wildman–Crippen MR) is 96.5 cm³/mol. The summed E-state index contributed by atoms with van der Waals surface area (Å²) in [7, 11) is -3.99. The molecule has 0 fully saturated rings. The number of halogens is 1. The summed E-state index contributed by atoms with van der Waals surface area (Å²) in [6, 6.07) is 11.5. The summed E-state index contributed by atoms with van der Waals surface area (Å²) in [6.45, 7) is 2.84. The number of benzene rings is 2. The van der Waals surface area contributed by atoms with Crippen LogP contribution >= 0.6 is 11.6 Å². The summed E-state index contributed by atoms with van der Waals surface area (Å²) in [6.07, 6.45) is 0.581. The Bertz CT molecular complexity index is 869. The van der Waals surface area contributed by atoms with E-state index in [1.165, 1.54) is 18.2 Å². The first-order valence-electron chi connectivity index (χ1n) is 7.64. The number of ether oxygens (including phenoxy) is 1. The molecule has 134 valence electrons. The Morgan fingerprint density at radius 3 is 2.64 bits per heavy atom. The van der Waals surface area contributed by atoms with Crippen molar-refractivity contribution in [3.05, 3.63) is 58.6 Å². The number of carbonyl (C=O) groups is 1. The SMILES string of the molecule is CCOc1ccccc1CCNC(=O)c1ccc(Cl)c(S(N)(=O)=O)c1. The number of sulfonamides is 1. The average Bonchev–Trinajstić information content (AvgIpc) is 2.56. The molecule has 25 heavy (non-hydrogen) atoms. The summed E-state index contributed by atoms with van der Waals surface area (Å²) < 4.78 is 28.5. The monoisotopic (exact) mass is 382 g/mol. The largest absolute Gasteiger partial charge is 0.494 e. The molecule has 0 aromatic heterocycles. The zero-order chi connectivity index (χ0) is 18.4. The number of rotatable bonds is 7. The first-order valence-corrected chi connectivity index (χ1v) is 9.56. The first-order chi connectivity index (χ1) is 11.8. The van der Waals surface area contributed by atoms with Gasteiger partial charge < -0.3 is 10.1 Å². The van der Waals surface area contributed by atoms with Crippen molar-refractivity contribution >= 4 is 27.5 Å². The van der Waals surface area contributed by atoms with Crippen molar-refractivity contribution in [1.29, 1.82) is 0 Å². The van der Waals surface area contributed by atoms with Crippen LogP contribution in [-0.4, -0.2) is 27.5 Å². The van der Waals surface area contributed by atoms with Crippen LogP contribution in [0.2, 0.25) is 5.02 Å². The van der Waals surface area contributed by atoms with Gasteiger partial charge in [-0.15, -0.1) is 0 Å². The van der Waals surface area contributed by atoms with Crippen molar-refractivity contribution < 1.29 is 17.9 Å². The zero-order valence-electron chi connectivity index (χ0n) is 13.7. The molecule has 2 rings (SSSR count). The van der Waals surface area contributed by atoms with Gasteiger partial charge in [-0.05, 0) is 43.2 Å². The maximum Gasteiger partial charge on any atom is 0.251 e. The molecule has 1 amide bonds. The highest BCUT2D eigenvalue weighted by Gasteiger charge is 2.16. The van der Waals surface area contributed by atoms with E-state index in [1.54, 1.807) is 0 Å². The molecule has 0 radical (unpaired) electrons. The van der Waals surface area contributed by atoms with Gasteiger partial charge in [-0.1, -0.05) is 29.8 Å². The molecular weight excluding hydrogens is 364 g/mol. The molecule has 3 N–H and O–H groups in total. The molecule has 6 nitrogen and oxygen atoms in total. The molecule has 0 heterocycles. The van der Waals surface area contributed by atoms with Gasteiger partial charge in [-0.2, -0.15) is 0 Å². The fraction of sp³-hybridized carbons (Fsp3) is 0.235. The van der Waals surface area contributed by atoms with Crippen LogP contribution in [0.4, 0.5) is 0 Å². The van der Waals surface area contributed by atoms with E-state index < -0.39 is 15.9 Å². The number of hydrogen-bond acceptors (Lipinski definition) is 4. The van der Waals surface area contributed by atoms with Gasteiger partial charge in [-0.3, -0.25) is 4.79 Å². The number of nitrogens with two attached hydrogens (primary N) is 1. The summed E-state index contributed by atoms with van der Waals surface area (Å²) in [5.41, 5.74) is 1.15. The number of hydrogen-bond donors (Lipinski definition) is 2. The average molecular weight is 383 g/mol. The van der Waals surface area contributed by atoms with Crippen LogP contribution in [0.15, 0.2) is 47.4 Å². The summed E-state index contributed by atoms with van der Waals surface area (Å²) in [4.78, 5) is 11.9. The molecule has 0 bridgehead atoms. The lowest BCUT2D eigenvalue weighted by molar-refractivity contribution is 0.0954. The maximum absolute atomic E-state index is 12.2. The molecule has 0 aliphatic heterocycles. The van der Waals surface area contributed by atoms with Crippen molar-refractivity contribution in [2.75, 3.05) is 13.2 Å². The number of nitrogens with one attached hydrogen (secondary N) is 1. The fourth-order valence-electron chi connectivity index (χ4n) is 2.28. The highest BCUT2D eigenvalue weighted by molar-refractivity contribution is 7.89. The van der Waals surface area contributed by atoms with Crippen molar-refractivity contribution in [3.8, 4) is 5.75 Å². The van der Waals surface area contributed by atoms with E-state index in [9.17, 15) is 13.2 Å². The Morgan fingerprint density at radius 1 is 1.24 bits per heavy atom. The molecule has 0 saturated carbocycles. The third kappa shape index (κ3) is 5.19. The van der Waals surface area contributed by atoms with Crippen LogP contribution in [0.1, 0.15) is 22.8 Å². The lowest BCUT2D eigenvalue weighted by atomic mass is 10.1. The molecule has 0 aliphatic carbocycles. The number of carbonyl (C=O) groups excluding carboxylic acids is 1. The van der Waals surface area contributed by atoms with Gasteiger partial charge in [0, 0.05) is 12.1 Å². The van der Waals surface area contributed by atoms with Crippen LogP contribution in [0.25, 0.3) is 0 Å². The second-order valence-corrected chi connectivity index (χ2v) is 7.17. The van der Waals surface area contributed by atoms with E-state index in [2.05, 4.69) is 5.32 Å². The van der Waals surface area contributed by atoms with Gasteiger partial charge in [0.25, 0.3) is 5.91 Å². The van der Waals surface area contributed by atoms with E-state index in [-0.39, 0.29) is 15.5 Å². The molecular formula is C17H19ClN2O4S. The van der Waals surface area contributed by atoms with Crippen molar-refractivity contribution in [2.45, 2.75) is 18.2 Å². The standard InChI is InChI=1S/C17H19ClN2O4S/c1-2-24-15-6-4-3-5-12(15)9-10-20-17(21)13-7-8-14(18)16(11-13)25(19,22)23/h3-8,11H,2,9-10H2,1H3,(H,20,21)(H2,19,22,23). The molecule has 0 atom stereocenters. The van der Waals surface area contributed by atoms with Crippen LogP contribution in [0.5, 0.6) is 5.75 Å². The minimum atomic E-state index is -3.99. The Kier molecular flexibility index (Phi) is 6.41. The van der Waals surface area contributed by atoms with Crippen molar-refractivity contribution in [2.24, 2.45) is 5.14 Å². The van der Waals surface area contributed by atoms with Crippen LogP contribution in [0.3, 0.4) is 0 Å². The van der Waals surface area contributed by atoms with Crippen LogP contribution in [-0.2, 0) is 16.4 Å². The van der Waals surface area contributed by atoms with Gasteiger partial charge in [0.05, 0.1) is 11.6 Å². The minimum absolute atomic E-state index is 0.0234. The quantitative estimate of drug-likeness (QED) is 0.767. The zero-order valence-corrected chi connectivity index (χ0v) is 15.2. The van der Waals surface area contributed by atoms with Gasteiger partial charge in [0.1, 0.15) is 10.6 Å². The number of amides is 1. The van der Waals surface area contributed by atoms with Gasteiger partial charge in [0.2, 0.25) is 10.0 Å². The highest BCUT2D eigenvalue weighted by Crippen LogP contribution is 2.21. The van der Waals surface area contributed by atoms with E-state index in [0.717, 1.165) is 11.3 Å². The smallest absolute Gasteiger partial charge is 0.251 e. The third-order valence-electron chi connectivity index (χ3n) is 3.45. The lowest BCUT2D eigenvalue weighted by Gasteiger charge is -2.11.